The summed E-state index contributed by atoms with van der Waals surface area (Å²) in [6, 6.07) is 0. The molecule has 1 atom stereocenters. The summed E-state index contributed by atoms with van der Waals surface area (Å²) in [4.78, 5) is 30.8. The van der Waals surface area contributed by atoms with Gasteiger partial charge in [0.25, 0.3) is 5.24 Å². The smallest absolute Gasteiger partial charge is 0.288 e. The minimum absolute atomic E-state index is 0.452. The van der Waals surface area contributed by atoms with Crippen molar-refractivity contribution in [3.63, 3.8) is 0 Å². The molecule has 0 saturated carbocycles. The first-order valence-electron chi connectivity index (χ1n) is 2.51. The quantitative estimate of drug-likeness (QED) is 0.402. The largest absolute Gasteiger partial charge is 0.289 e. The van der Waals surface area contributed by atoms with Crippen LogP contribution >= 0.6 is 34.8 Å². The summed E-state index contributed by atoms with van der Waals surface area (Å²) in [6.45, 7) is 0. The van der Waals surface area contributed by atoms with E-state index in [9.17, 15) is 14.4 Å². The van der Waals surface area contributed by atoms with Crippen molar-refractivity contribution in [2.24, 2.45) is 0 Å². The minimum atomic E-state index is -1.17. The molecule has 0 aliphatic rings. The Labute approximate surface area is 77.6 Å². The average Bonchev–Trinajstić information content (AvgIpc) is 1.87. The number of ketones is 1. The number of carbonyl (C=O) groups excluding carboxylic acids is 3. The summed E-state index contributed by atoms with van der Waals surface area (Å²) in [5, 5.41) is -3.20. The number of hydrogen-bond acceptors (Lipinski definition) is 3. The Balaban J connectivity index is 3.95. The number of alkyl halides is 1. The lowest BCUT2D eigenvalue weighted by molar-refractivity contribution is -0.132. The van der Waals surface area contributed by atoms with E-state index >= 15 is 0 Å². The van der Waals surface area contributed by atoms with Crippen LogP contribution < -0.4 is 0 Å². The molecule has 0 aromatic heterocycles. The van der Waals surface area contributed by atoms with Crippen LogP contribution in [-0.4, -0.2) is 21.6 Å². The molecule has 11 heavy (non-hydrogen) atoms. The molecule has 3 nitrogen and oxygen atoms in total. The van der Waals surface area contributed by atoms with Gasteiger partial charge >= 0.3 is 0 Å². The fourth-order valence-corrected chi connectivity index (χ4v) is 0.618. The third-order valence-electron chi connectivity index (χ3n) is 0.830. The Morgan fingerprint density at radius 2 is 1.64 bits per heavy atom. The van der Waals surface area contributed by atoms with Gasteiger partial charge in [-0.3, -0.25) is 14.4 Å². The summed E-state index contributed by atoms with van der Waals surface area (Å²) in [5.41, 5.74) is 0. The molecule has 0 heterocycles. The van der Waals surface area contributed by atoms with E-state index in [1.807, 2.05) is 0 Å². The molecule has 0 aromatic carbocycles. The van der Waals surface area contributed by atoms with Gasteiger partial charge in [0.05, 0.1) is 0 Å². The predicted octanol–water partition coefficient (Wildman–Crippen LogP) is 1.08. The van der Waals surface area contributed by atoms with Crippen molar-refractivity contribution in [1.29, 1.82) is 0 Å². The van der Waals surface area contributed by atoms with Crippen LogP contribution in [-0.2, 0) is 14.4 Å². The van der Waals surface area contributed by atoms with E-state index < -0.39 is 28.1 Å². The number of Topliss-reactive ketones (excluding diaryl/α,β-unsaturated/α-hetero) is 1. The molecule has 0 fully saturated rings. The molecule has 0 amide bonds. The molecular weight excluding hydrogens is 214 g/mol. The van der Waals surface area contributed by atoms with Crippen molar-refractivity contribution in [2.45, 2.75) is 11.8 Å². The van der Waals surface area contributed by atoms with Gasteiger partial charge in [0.15, 0.2) is 0 Å². The van der Waals surface area contributed by atoms with E-state index in [2.05, 4.69) is 0 Å². The molecule has 0 N–H and O–H groups in total. The SMILES string of the molecule is O=C(Cl)C(=O)CC(Cl)C(=O)Cl. The highest BCUT2D eigenvalue weighted by molar-refractivity contribution is 6.81. The van der Waals surface area contributed by atoms with Crippen molar-refractivity contribution < 1.29 is 14.4 Å². The van der Waals surface area contributed by atoms with E-state index in [0.717, 1.165) is 0 Å². The lowest BCUT2D eigenvalue weighted by Crippen LogP contribution is -2.17. The van der Waals surface area contributed by atoms with Gasteiger partial charge in [-0.05, 0) is 23.2 Å². The Kier molecular flexibility index (Phi) is 4.65. The number of hydrogen-bond donors (Lipinski definition) is 0. The van der Waals surface area contributed by atoms with Crippen LogP contribution in [0.5, 0.6) is 0 Å². The average molecular weight is 217 g/mol. The van der Waals surface area contributed by atoms with Crippen molar-refractivity contribution in [3.05, 3.63) is 0 Å². The van der Waals surface area contributed by atoms with E-state index in [0.29, 0.717) is 0 Å². The van der Waals surface area contributed by atoms with Crippen LogP contribution in [0.3, 0.4) is 0 Å². The number of carbonyl (C=O) groups is 3. The molecular formula is C5H3Cl3O3. The second-order valence-electron chi connectivity index (χ2n) is 1.67. The molecule has 1 unspecified atom stereocenters. The highest BCUT2D eigenvalue weighted by atomic mass is 35.5. The lowest BCUT2D eigenvalue weighted by atomic mass is 10.2. The molecule has 0 radical (unpaired) electrons. The summed E-state index contributed by atoms with van der Waals surface area (Å²) in [5.74, 6) is -0.916. The topological polar surface area (TPSA) is 51.2 Å². The van der Waals surface area contributed by atoms with Crippen molar-refractivity contribution >= 4 is 51.1 Å². The Morgan fingerprint density at radius 3 is 1.91 bits per heavy atom. The van der Waals surface area contributed by atoms with E-state index in [1.165, 1.54) is 0 Å². The fourth-order valence-electron chi connectivity index (χ4n) is 0.323. The van der Waals surface area contributed by atoms with Gasteiger partial charge in [-0.2, -0.15) is 0 Å². The molecule has 0 bridgehead atoms. The second kappa shape index (κ2) is 4.70. The maximum atomic E-state index is 10.5. The first-order chi connectivity index (χ1) is 4.95. The van der Waals surface area contributed by atoms with Gasteiger partial charge in [0.1, 0.15) is 5.38 Å². The monoisotopic (exact) mass is 216 g/mol. The number of halogens is 3. The lowest BCUT2D eigenvalue weighted by Gasteiger charge is -1.97. The van der Waals surface area contributed by atoms with Crippen LogP contribution in [0.1, 0.15) is 6.42 Å². The zero-order valence-electron chi connectivity index (χ0n) is 5.14. The number of rotatable bonds is 4. The van der Waals surface area contributed by atoms with E-state index in [-0.39, 0.29) is 0 Å². The third kappa shape index (κ3) is 4.35. The third-order valence-corrected chi connectivity index (χ3v) is 1.77. The zero-order chi connectivity index (χ0) is 9.02. The molecule has 62 valence electrons. The molecule has 0 rings (SSSR count). The Hall–Kier alpha value is -0.120. The summed E-state index contributed by atoms with van der Waals surface area (Å²) in [7, 11) is 0. The Morgan fingerprint density at radius 1 is 1.18 bits per heavy atom. The van der Waals surface area contributed by atoms with Crippen LogP contribution in [0, 0.1) is 0 Å². The molecule has 0 aromatic rings. The molecule has 6 heteroatoms. The zero-order valence-corrected chi connectivity index (χ0v) is 7.41. The molecule has 0 aliphatic heterocycles. The van der Waals surface area contributed by atoms with Gasteiger partial charge in [0.2, 0.25) is 11.0 Å². The van der Waals surface area contributed by atoms with Gasteiger partial charge in [0, 0.05) is 6.42 Å². The maximum absolute atomic E-state index is 10.5. The van der Waals surface area contributed by atoms with Gasteiger partial charge < -0.3 is 0 Å². The first-order valence-corrected chi connectivity index (χ1v) is 3.70. The van der Waals surface area contributed by atoms with Crippen LogP contribution in [0.4, 0.5) is 0 Å². The summed E-state index contributed by atoms with van der Waals surface area (Å²) in [6.07, 6.45) is -0.452. The van der Waals surface area contributed by atoms with Crippen LogP contribution in [0.15, 0.2) is 0 Å². The molecule has 0 saturated heterocycles. The summed E-state index contributed by atoms with van der Waals surface area (Å²) >= 11 is 14.9. The highest BCUT2D eigenvalue weighted by Crippen LogP contribution is 2.07. The Bertz CT molecular complexity index is 201. The molecule has 0 aliphatic carbocycles. The first kappa shape index (κ1) is 10.9. The minimum Gasteiger partial charge on any atom is -0.289 e. The standard InChI is InChI=1S/C5H3Cl3O3/c6-2(4(7)10)1-3(9)5(8)11/h2H,1H2. The highest BCUT2D eigenvalue weighted by Gasteiger charge is 2.20. The van der Waals surface area contributed by atoms with Gasteiger partial charge in [-0.25, -0.2) is 0 Å². The van der Waals surface area contributed by atoms with Gasteiger partial charge in [-0.1, -0.05) is 0 Å². The summed E-state index contributed by atoms with van der Waals surface area (Å²) < 4.78 is 0. The van der Waals surface area contributed by atoms with E-state index in [1.54, 1.807) is 0 Å². The van der Waals surface area contributed by atoms with Crippen molar-refractivity contribution in [1.82, 2.24) is 0 Å². The molecule has 0 spiro atoms. The van der Waals surface area contributed by atoms with Crippen molar-refractivity contribution in [2.75, 3.05) is 0 Å². The van der Waals surface area contributed by atoms with Crippen LogP contribution in [0.25, 0.3) is 0 Å². The fraction of sp³-hybridized carbons (Fsp3) is 0.400. The maximum Gasteiger partial charge on any atom is 0.288 e. The second-order valence-corrected chi connectivity index (χ2v) is 2.92. The van der Waals surface area contributed by atoms with Gasteiger partial charge in [-0.15, -0.1) is 11.6 Å². The predicted molar refractivity (Wildman–Crippen MR) is 41.0 cm³/mol. The van der Waals surface area contributed by atoms with Crippen LogP contribution in [0.2, 0.25) is 0 Å². The normalized spacial score (nSPS) is 12.3. The van der Waals surface area contributed by atoms with E-state index in [4.69, 9.17) is 34.8 Å². The van der Waals surface area contributed by atoms with Crippen molar-refractivity contribution in [3.8, 4) is 0 Å².